The first kappa shape index (κ1) is 24.8. The monoisotopic (exact) mass is 507 g/mol. The van der Waals surface area contributed by atoms with Crippen LogP contribution in [0.2, 0.25) is 0 Å². The fourth-order valence-electron chi connectivity index (χ4n) is 5.19. The summed E-state index contributed by atoms with van der Waals surface area (Å²) >= 11 is 1.60. The Morgan fingerprint density at radius 2 is 1.97 bits per heavy atom. The minimum absolute atomic E-state index is 0.00726. The summed E-state index contributed by atoms with van der Waals surface area (Å²) in [7, 11) is 1.75. The van der Waals surface area contributed by atoms with E-state index in [0.29, 0.717) is 19.8 Å². The van der Waals surface area contributed by atoms with Crippen LogP contribution in [0.4, 0.5) is 0 Å². The molecule has 190 valence electrons. The summed E-state index contributed by atoms with van der Waals surface area (Å²) in [6.07, 6.45) is 5.14. The third kappa shape index (κ3) is 5.00. The summed E-state index contributed by atoms with van der Waals surface area (Å²) < 4.78 is 5.53. The highest BCUT2D eigenvalue weighted by molar-refractivity contribution is 7.10. The summed E-state index contributed by atoms with van der Waals surface area (Å²) in [4.78, 5) is 38.1. The number of nitrogens with one attached hydrogen (secondary N) is 2. The Morgan fingerprint density at radius 3 is 2.78 bits per heavy atom. The Balaban J connectivity index is 1.40. The standard InChI is InChI=1S/C27H33N5O3S/c1-17(28-2)25(33)31-24(18-10-14-35-15-11-18)27(34)32-13-5-8-23(32)26-30-22(16-36-26)20-9-12-29-21-7-4-3-6-19(20)21/h3-4,6-7,9,12,16-18,23-24,28H,5,8,10-11,13-15H2,1-2H3,(H,31,33)/t17-,23-,24-/m0/s1. The molecule has 2 aliphatic rings. The van der Waals surface area contributed by atoms with Gasteiger partial charge in [0.05, 0.1) is 23.3 Å². The minimum Gasteiger partial charge on any atom is -0.381 e. The molecule has 3 aromatic rings. The number of thiazole rings is 1. The maximum absolute atomic E-state index is 13.9. The van der Waals surface area contributed by atoms with Crippen molar-refractivity contribution in [1.82, 2.24) is 25.5 Å². The van der Waals surface area contributed by atoms with E-state index in [9.17, 15) is 9.59 Å². The van der Waals surface area contributed by atoms with E-state index < -0.39 is 6.04 Å². The molecule has 2 fully saturated rings. The van der Waals surface area contributed by atoms with Crippen LogP contribution < -0.4 is 10.6 Å². The molecule has 36 heavy (non-hydrogen) atoms. The van der Waals surface area contributed by atoms with Crippen LogP contribution in [-0.4, -0.2) is 65.6 Å². The highest BCUT2D eigenvalue weighted by Gasteiger charge is 2.40. The summed E-state index contributed by atoms with van der Waals surface area (Å²) in [6.45, 7) is 3.71. The van der Waals surface area contributed by atoms with E-state index in [0.717, 1.165) is 52.9 Å². The number of carbonyl (C=O) groups is 2. The smallest absolute Gasteiger partial charge is 0.246 e. The number of ether oxygens (including phenoxy) is 1. The number of likely N-dealkylation sites (N-methyl/N-ethyl adjacent to an activating group) is 1. The second kappa shape index (κ2) is 11.0. The van der Waals surface area contributed by atoms with Crippen molar-refractivity contribution in [3.8, 4) is 11.3 Å². The second-order valence-corrected chi connectivity index (χ2v) is 10.5. The van der Waals surface area contributed by atoms with Gasteiger partial charge in [0.25, 0.3) is 0 Å². The number of hydrogen-bond acceptors (Lipinski definition) is 7. The van der Waals surface area contributed by atoms with Gasteiger partial charge in [-0.3, -0.25) is 14.6 Å². The second-order valence-electron chi connectivity index (χ2n) is 9.58. The Kier molecular flexibility index (Phi) is 7.59. The average Bonchev–Trinajstić information content (AvgIpc) is 3.61. The van der Waals surface area contributed by atoms with Crippen molar-refractivity contribution in [3.05, 3.63) is 46.9 Å². The first-order valence-electron chi connectivity index (χ1n) is 12.7. The quantitative estimate of drug-likeness (QED) is 0.508. The van der Waals surface area contributed by atoms with Crippen LogP contribution in [0.15, 0.2) is 41.9 Å². The molecule has 0 saturated carbocycles. The molecule has 2 N–H and O–H groups in total. The van der Waals surface area contributed by atoms with Crippen molar-refractivity contribution in [2.75, 3.05) is 26.8 Å². The number of fused-ring (bicyclic) bond motifs is 1. The summed E-state index contributed by atoms with van der Waals surface area (Å²) in [5.74, 6) is -0.0955. The van der Waals surface area contributed by atoms with E-state index in [2.05, 4.69) is 27.1 Å². The van der Waals surface area contributed by atoms with Crippen LogP contribution in [0.5, 0.6) is 0 Å². The number of amides is 2. The number of aromatic nitrogens is 2. The highest BCUT2D eigenvalue weighted by Crippen LogP contribution is 2.38. The summed E-state index contributed by atoms with van der Waals surface area (Å²) in [5, 5.41) is 10.1. The van der Waals surface area contributed by atoms with Crippen molar-refractivity contribution in [2.24, 2.45) is 5.92 Å². The first-order valence-corrected chi connectivity index (χ1v) is 13.6. The molecule has 2 saturated heterocycles. The number of rotatable bonds is 7. The molecule has 1 aromatic carbocycles. The molecular formula is C27H33N5O3S. The minimum atomic E-state index is -0.554. The molecule has 3 atom stereocenters. The van der Waals surface area contributed by atoms with Crippen LogP contribution >= 0.6 is 11.3 Å². The van der Waals surface area contributed by atoms with E-state index >= 15 is 0 Å². The predicted octanol–water partition coefficient (Wildman–Crippen LogP) is 3.54. The Labute approximate surface area is 215 Å². The number of carbonyl (C=O) groups excluding carboxylic acids is 2. The fourth-order valence-corrected chi connectivity index (χ4v) is 6.15. The number of nitrogens with zero attached hydrogens (tertiary/aromatic N) is 3. The van der Waals surface area contributed by atoms with Crippen LogP contribution in [0.1, 0.15) is 43.7 Å². The van der Waals surface area contributed by atoms with Gasteiger partial charge in [-0.05, 0) is 57.7 Å². The van der Waals surface area contributed by atoms with E-state index in [1.807, 2.05) is 35.4 Å². The summed E-state index contributed by atoms with van der Waals surface area (Å²) in [6, 6.07) is 9.06. The van der Waals surface area contributed by atoms with Gasteiger partial charge in [-0.1, -0.05) is 18.2 Å². The van der Waals surface area contributed by atoms with Gasteiger partial charge in [0.2, 0.25) is 11.8 Å². The molecule has 0 radical (unpaired) electrons. The zero-order valence-corrected chi connectivity index (χ0v) is 21.6. The molecule has 5 rings (SSSR count). The number of likely N-dealkylation sites (tertiary alicyclic amines) is 1. The fraction of sp³-hybridized carbons (Fsp3) is 0.481. The summed E-state index contributed by atoms with van der Waals surface area (Å²) in [5.41, 5.74) is 2.89. The van der Waals surface area contributed by atoms with Crippen molar-refractivity contribution in [2.45, 2.75) is 50.7 Å². The lowest BCUT2D eigenvalue weighted by molar-refractivity contribution is -0.140. The Bertz CT molecular complexity index is 1220. The zero-order valence-electron chi connectivity index (χ0n) is 20.8. The van der Waals surface area contributed by atoms with Crippen molar-refractivity contribution in [3.63, 3.8) is 0 Å². The van der Waals surface area contributed by atoms with Gasteiger partial charge in [-0.2, -0.15) is 0 Å². The van der Waals surface area contributed by atoms with Crippen LogP contribution in [-0.2, 0) is 14.3 Å². The maximum atomic E-state index is 13.9. The van der Waals surface area contributed by atoms with E-state index in [1.54, 1.807) is 25.3 Å². The topological polar surface area (TPSA) is 96.5 Å². The lowest BCUT2D eigenvalue weighted by Crippen LogP contribution is -2.56. The van der Waals surface area contributed by atoms with E-state index in [1.165, 1.54) is 0 Å². The molecule has 0 unspecified atom stereocenters. The van der Waals surface area contributed by atoms with Gasteiger partial charge in [0.1, 0.15) is 11.0 Å². The van der Waals surface area contributed by atoms with Gasteiger partial charge >= 0.3 is 0 Å². The molecule has 8 nitrogen and oxygen atoms in total. The van der Waals surface area contributed by atoms with Crippen LogP contribution in [0, 0.1) is 5.92 Å². The third-order valence-electron chi connectivity index (χ3n) is 7.40. The van der Waals surface area contributed by atoms with Crippen LogP contribution in [0.3, 0.4) is 0 Å². The predicted molar refractivity (Wildman–Crippen MR) is 141 cm³/mol. The Morgan fingerprint density at radius 1 is 1.17 bits per heavy atom. The lowest BCUT2D eigenvalue weighted by Gasteiger charge is -2.35. The molecule has 0 bridgehead atoms. The molecule has 9 heteroatoms. The van der Waals surface area contributed by atoms with Gasteiger partial charge in [0, 0.05) is 42.3 Å². The Hall–Kier alpha value is -2.88. The van der Waals surface area contributed by atoms with Crippen molar-refractivity contribution < 1.29 is 14.3 Å². The van der Waals surface area contributed by atoms with Gasteiger partial charge in [-0.25, -0.2) is 4.98 Å². The highest BCUT2D eigenvalue weighted by atomic mass is 32.1. The normalized spacial score (nSPS) is 20.4. The van der Waals surface area contributed by atoms with E-state index in [4.69, 9.17) is 9.72 Å². The van der Waals surface area contributed by atoms with Crippen LogP contribution in [0.25, 0.3) is 22.2 Å². The average molecular weight is 508 g/mol. The van der Waals surface area contributed by atoms with Gasteiger partial charge in [-0.15, -0.1) is 11.3 Å². The van der Waals surface area contributed by atoms with Gasteiger partial charge < -0.3 is 20.3 Å². The van der Waals surface area contributed by atoms with E-state index in [-0.39, 0.29) is 29.8 Å². The maximum Gasteiger partial charge on any atom is 0.246 e. The molecule has 2 aliphatic heterocycles. The first-order chi connectivity index (χ1) is 17.6. The SMILES string of the molecule is CN[C@@H](C)C(=O)N[C@H](C(=O)N1CCC[C@H]1c1nc(-c2ccnc3ccccc23)cs1)C1CCOCC1. The van der Waals surface area contributed by atoms with Crippen molar-refractivity contribution in [1.29, 1.82) is 0 Å². The number of para-hydroxylation sites is 1. The zero-order chi connectivity index (χ0) is 25.1. The number of pyridine rings is 1. The van der Waals surface area contributed by atoms with Gasteiger partial charge in [0.15, 0.2) is 0 Å². The molecule has 2 amide bonds. The molecular weight excluding hydrogens is 474 g/mol. The molecule has 0 aliphatic carbocycles. The lowest BCUT2D eigenvalue weighted by atomic mass is 9.90. The third-order valence-corrected chi connectivity index (χ3v) is 8.34. The number of hydrogen-bond donors (Lipinski definition) is 2. The van der Waals surface area contributed by atoms with Crippen molar-refractivity contribution >= 4 is 34.1 Å². The molecule has 2 aromatic heterocycles. The molecule has 4 heterocycles. The largest absolute Gasteiger partial charge is 0.381 e. The number of benzene rings is 1. The molecule has 0 spiro atoms.